The van der Waals surface area contributed by atoms with Crippen LogP contribution in [0.5, 0.6) is 0 Å². The largest absolute Gasteiger partial charge is 0.378 e. The first-order chi connectivity index (χ1) is 25.3. The molecule has 0 aromatic heterocycles. The number of alkyl halides is 6. The van der Waals surface area contributed by atoms with Gasteiger partial charge in [0.15, 0.2) is 18.9 Å². The third-order valence-electron chi connectivity index (χ3n) is 7.54. The van der Waals surface area contributed by atoms with Crippen molar-refractivity contribution in [1.29, 1.82) is 0 Å². The lowest BCUT2D eigenvalue weighted by atomic mass is 10.1. The van der Waals surface area contributed by atoms with E-state index in [4.69, 9.17) is 98.0 Å². The molecule has 0 bridgehead atoms. The van der Waals surface area contributed by atoms with Crippen LogP contribution in [0.2, 0.25) is 0 Å². The van der Waals surface area contributed by atoms with Gasteiger partial charge < -0.3 is 43.1 Å². The Morgan fingerprint density at radius 2 is 0.870 bits per heavy atom. The Morgan fingerprint density at radius 1 is 0.556 bits per heavy atom. The molecular formula is C39H55Cl6N3O6. The summed E-state index contributed by atoms with van der Waals surface area (Å²) in [5.41, 5.74) is 6.26. The van der Waals surface area contributed by atoms with E-state index < -0.39 is 13.9 Å². The van der Waals surface area contributed by atoms with Gasteiger partial charge in [-0.15, -0.1) is 0 Å². The molecule has 1 heterocycles. The average Bonchev–Trinajstić information content (AvgIpc) is 3.12. The molecular weight excluding hydrogens is 819 g/mol. The summed E-state index contributed by atoms with van der Waals surface area (Å²) in [7, 11) is 12.0. The summed E-state index contributed by atoms with van der Waals surface area (Å²) >= 11 is 34.1. The zero-order valence-electron chi connectivity index (χ0n) is 32.5. The fourth-order valence-electron chi connectivity index (χ4n) is 4.71. The van der Waals surface area contributed by atoms with E-state index >= 15 is 0 Å². The molecule has 3 aromatic carbocycles. The maximum Gasteiger partial charge on any atom is 0.213 e. The van der Waals surface area contributed by atoms with Crippen LogP contribution >= 0.6 is 69.6 Å². The standard InChI is InChI=1S/C13H15Cl6NO2.C13H19NO2.C13H21NO2/c1-20(2)10-5-3-9(4-6-10)11(21-7-12(14,15)16)22-8-13(17,18)19;1-10-8-15-13(16-9-10)11-4-6-12(7-5-11)14(2)3;1-5-15-13(16-6-2)11-7-9-12(10-8-11)14(3)4/h3-6,11H,7-8H2,1-2H3;4-7,10,13H,8-9H2,1-3H3;7-10,13H,5-6H2,1-4H3. The van der Waals surface area contributed by atoms with Gasteiger partial charge in [0, 0.05) is 95.2 Å². The molecule has 0 radical (unpaired) electrons. The van der Waals surface area contributed by atoms with Crippen LogP contribution in [0.1, 0.15) is 56.3 Å². The number of anilines is 3. The normalized spacial score (nSPS) is 15.9. The highest BCUT2D eigenvalue weighted by atomic mass is 35.6. The van der Waals surface area contributed by atoms with Crippen molar-refractivity contribution in [2.75, 3.05) is 96.6 Å². The molecule has 1 aliphatic heterocycles. The van der Waals surface area contributed by atoms with Crippen LogP contribution in [0.4, 0.5) is 17.1 Å². The smallest absolute Gasteiger partial charge is 0.213 e. The molecule has 1 saturated heterocycles. The van der Waals surface area contributed by atoms with Crippen molar-refractivity contribution in [2.24, 2.45) is 5.92 Å². The Hall–Kier alpha value is -1.44. The summed E-state index contributed by atoms with van der Waals surface area (Å²) in [6, 6.07) is 24.0. The van der Waals surface area contributed by atoms with Crippen LogP contribution in [-0.4, -0.2) is 89.5 Å². The maximum atomic E-state index is 5.69. The molecule has 1 fully saturated rings. The van der Waals surface area contributed by atoms with E-state index in [9.17, 15) is 0 Å². The SMILES string of the molecule is CC1COC(c2ccc(N(C)C)cc2)OC1.CCOC(OCC)c1ccc(N(C)C)cc1.CN(C)c1ccc(C(OCC(Cl)(Cl)Cl)OCC(Cl)(Cl)Cl)cc1. The van der Waals surface area contributed by atoms with Gasteiger partial charge in [-0.1, -0.05) is 113 Å². The van der Waals surface area contributed by atoms with Gasteiger partial charge in [0.05, 0.1) is 26.4 Å². The maximum absolute atomic E-state index is 5.69. The van der Waals surface area contributed by atoms with E-state index in [2.05, 4.69) is 53.1 Å². The number of benzene rings is 3. The Morgan fingerprint density at radius 3 is 1.17 bits per heavy atom. The number of ether oxygens (including phenoxy) is 6. The Labute approximate surface area is 352 Å². The predicted octanol–water partition coefficient (Wildman–Crippen LogP) is 10.8. The van der Waals surface area contributed by atoms with Crippen molar-refractivity contribution < 1.29 is 28.4 Å². The van der Waals surface area contributed by atoms with Gasteiger partial charge in [-0.25, -0.2) is 0 Å². The van der Waals surface area contributed by atoms with Gasteiger partial charge in [0.1, 0.15) is 0 Å². The Kier molecular flexibility index (Phi) is 22.0. The summed E-state index contributed by atoms with van der Waals surface area (Å²) in [6.07, 6.45) is -1.25. The minimum atomic E-state index is -1.56. The van der Waals surface area contributed by atoms with Gasteiger partial charge in [-0.2, -0.15) is 0 Å². The van der Waals surface area contributed by atoms with Crippen LogP contribution in [0.15, 0.2) is 72.8 Å². The van der Waals surface area contributed by atoms with Gasteiger partial charge in [0.25, 0.3) is 0 Å². The van der Waals surface area contributed by atoms with E-state index in [1.54, 1.807) is 0 Å². The molecule has 9 nitrogen and oxygen atoms in total. The van der Waals surface area contributed by atoms with Crippen molar-refractivity contribution in [3.63, 3.8) is 0 Å². The van der Waals surface area contributed by atoms with Crippen molar-refractivity contribution in [1.82, 2.24) is 0 Å². The summed E-state index contributed by atoms with van der Waals surface area (Å²) in [5.74, 6) is 0.497. The lowest BCUT2D eigenvalue weighted by Crippen LogP contribution is -2.25. The number of rotatable bonds is 14. The quantitative estimate of drug-likeness (QED) is 0.116. The van der Waals surface area contributed by atoms with Crippen LogP contribution in [0, 0.1) is 5.92 Å². The van der Waals surface area contributed by atoms with Crippen LogP contribution < -0.4 is 14.7 Å². The van der Waals surface area contributed by atoms with E-state index in [-0.39, 0.29) is 25.8 Å². The molecule has 4 rings (SSSR count). The lowest BCUT2D eigenvalue weighted by Gasteiger charge is -2.27. The third-order valence-corrected chi connectivity index (χ3v) is 8.20. The molecule has 0 N–H and O–H groups in total. The number of hydrogen-bond acceptors (Lipinski definition) is 9. The molecule has 0 spiro atoms. The summed E-state index contributed by atoms with van der Waals surface area (Å²) in [4.78, 5) is 6.11. The molecule has 0 aliphatic carbocycles. The second-order valence-electron chi connectivity index (χ2n) is 13.0. The summed E-state index contributed by atoms with van der Waals surface area (Å²) in [5, 5.41) is 0. The molecule has 0 saturated carbocycles. The van der Waals surface area contributed by atoms with Gasteiger partial charge in [-0.3, -0.25) is 0 Å². The van der Waals surface area contributed by atoms with E-state index in [1.165, 1.54) is 11.4 Å². The monoisotopic (exact) mass is 871 g/mol. The first-order valence-corrected chi connectivity index (χ1v) is 19.7. The second-order valence-corrected chi connectivity index (χ2v) is 18.0. The fraction of sp³-hybridized carbons (Fsp3) is 0.538. The zero-order valence-corrected chi connectivity index (χ0v) is 37.1. The topological polar surface area (TPSA) is 65.1 Å². The van der Waals surface area contributed by atoms with Crippen molar-refractivity contribution in [3.05, 3.63) is 89.5 Å². The second kappa shape index (κ2) is 24.4. The minimum Gasteiger partial charge on any atom is -0.378 e. The molecule has 15 heteroatoms. The van der Waals surface area contributed by atoms with E-state index in [0.717, 1.165) is 30.0 Å². The molecule has 304 valence electrons. The summed E-state index contributed by atoms with van der Waals surface area (Å²) < 4.78 is 30.2. The van der Waals surface area contributed by atoms with Gasteiger partial charge >= 0.3 is 0 Å². The van der Waals surface area contributed by atoms with Crippen molar-refractivity contribution >= 4 is 86.7 Å². The van der Waals surface area contributed by atoms with Crippen molar-refractivity contribution in [2.45, 2.75) is 47.2 Å². The summed E-state index contributed by atoms with van der Waals surface area (Å²) in [6.45, 7) is 8.60. The van der Waals surface area contributed by atoms with Crippen molar-refractivity contribution in [3.8, 4) is 0 Å². The van der Waals surface area contributed by atoms with Crippen LogP contribution in [0.25, 0.3) is 0 Å². The minimum absolute atomic E-state index is 0.169. The highest BCUT2D eigenvalue weighted by molar-refractivity contribution is 6.68. The van der Waals surface area contributed by atoms with Crippen LogP contribution in [0.3, 0.4) is 0 Å². The first kappa shape index (κ1) is 48.7. The molecule has 0 atom stereocenters. The Balaban J connectivity index is 0.000000285. The molecule has 0 amide bonds. The highest BCUT2D eigenvalue weighted by Crippen LogP contribution is 2.33. The number of halogens is 6. The predicted molar refractivity (Wildman–Crippen MR) is 227 cm³/mol. The fourth-order valence-corrected chi connectivity index (χ4v) is 5.08. The third kappa shape index (κ3) is 19.1. The Bertz CT molecular complexity index is 1410. The van der Waals surface area contributed by atoms with Crippen LogP contribution in [-0.2, 0) is 28.4 Å². The first-order valence-electron chi connectivity index (χ1n) is 17.5. The molecule has 3 aromatic rings. The number of hydrogen-bond donors (Lipinski definition) is 0. The highest BCUT2D eigenvalue weighted by Gasteiger charge is 2.27. The van der Waals surface area contributed by atoms with E-state index in [1.807, 2.05) is 97.4 Å². The molecule has 1 aliphatic rings. The molecule has 0 unspecified atom stereocenters. The zero-order chi connectivity index (χ0) is 40.5. The molecule has 54 heavy (non-hydrogen) atoms. The van der Waals surface area contributed by atoms with Gasteiger partial charge in [0.2, 0.25) is 7.59 Å². The lowest BCUT2D eigenvalue weighted by molar-refractivity contribution is -0.202. The van der Waals surface area contributed by atoms with E-state index in [0.29, 0.717) is 24.7 Å². The average molecular weight is 875 g/mol. The number of nitrogens with zero attached hydrogens (tertiary/aromatic N) is 3. The van der Waals surface area contributed by atoms with Gasteiger partial charge in [-0.05, 0) is 50.2 Å².